The van der Waals surface area contributed by atoms with Gasteiger partial charge in [0, 0.05) is 17.8 Å². The maximum Gasteiger partial charge on any atom is 0.150 e. The SMILES string of the molecule is CCCc1c(CN)cnn1-c1c(F)cccc1Cl. The highest BCUT2D eigenvalue weighted by molar-refractivity contribution is 6.32. The van der Waals surface area contributed by atoms with Crippen LogP contribution in [0.25, 0.3) is 5.69 Å². The Hall–Kier alpha value is -1.39. The van der Waals surface area contributed by atoms with Crippen LogP contribution >= 0.6 is 11.6 Å². The number of halogens is 2. The van der Waals surface area contributed by atoms with Crippen LogP contribution in [0.3, 0.4) is 0 Å². The second-order valence-electron chi connectivity index (χ2n) is 4.05. The van der Waals surface area contributed by atoms with Crippen molar-refractivity contribution in [1.82, 2.24) is 9.78 Å². The Bertz CT molecular complexity index is 531. The number of hydrogen-bond donors (Lipinski definition) is 1. The molecule has 1 aromatic heterocycles. The van der Waals surface area contributed by atoms with Crippen LogP contribution in [0.2, 0.25) is 5.02 Å². The monoisotopic (exact) mass is 267 g/mol. The molecule has 0 spiro atoms. The van der Waals surface area contributed by atoms with Gasteiger partial charge in [0.25, 0.3) is 0 Å². The number of nitrogens with zero attached hydrogens (tertiary/aromatic N) is 2. The molecule has 0 saturated heterocycles. The highest BCUT2D eigenvalue weighted by Crippen LogP contribution is 2.25. The first-order valence-corrected chi connectivity index (χ1v) is 6.27. The van der Waals surface area contributed by atoms with E-state index in [9.17, 15) is 4.39 Å². The molecule has 1 heterocycles. The van der Waals surface area contributed by atoms with Gasteiger partial charge in [0.05, 0.1) is 11.2 Å². The van der Waals surface area contributed by atoms with E-state index < -0.39 is 0 Å². The lowest BCUT2D eigenvalue weighted by Crippen LogP contribution is -2.08. The summed E-state index contributed by atoms with van der Waals surface area (Å²) in [4.78, 5) is 0. The van der Waals surface area contributed by atoms with Crippen LogP contribution in [-0.4, -0.2) is 9.78 Å². The van der Waals surface area contributed by atoms with E-state index in [0.29, 0.717) is 17.3 Å². The Morgan fingerprint density at radius 1 is 1.44 bits per heavy atom. The molecule has 0 unspecified atom stereocenters. The number of para-hydroxylation sites is 1. The van der Waals surface area contributed by atoms with Gasteiger partial charge in [-0.1, -0.05) is 31.0 Å². The molecule has 0 saturated carbocycles. The molecule has 0 radical (unpaired) electrons. The van der Waals surface area contributed by atoms with Gasteiger partial charge in [-0.15, -0.1) is 0 Å². The maximum atomic E-state index is 13.9. The summed E-state index contributed by atoms with van der Waals surface area (Å²) in [6.07, 6.45) is 3.40. The highest BCUT2D eigenvalue weighted by Gasteiger charge is 2.16. The van der Waals surface area contributed by atoms with Crippen LogP contribution in [0.5, 0.6) is 0 Å². The lowest BCUT2D eigenvalue weighted by atomic mass is 10.1. The van der Waals surface area contributed by atoms with E-state index in [1.165, 1.54) is 6.07 Å². The molecule has 2 aromatic rings. The molecule has 0 atom stereocenters. The van der Waals surface area contributed by atoms with E-state index in [-0.39, 0.29) is 5.82 Å². The largest absolute Gasteiger partial charge is 0.326 e. The fraction of sp³-hybridized carbons (Fsp3) is 0.308. The number of aromatic nitrogens is 2. The molecule has 96 valence electrons. The summed E-state index contributed by atoms with van der Waals surface area (Å²) < 4.78 is 15.5. The Labute approximate surface area is 110 Å². The van der Waals surface area contributed by atoms with Crippen molar-refractivity contribution in [1.29, 1.82) is 0 Å². The summed E-state index contributed by atoms with van der Waals surface area (Å²) in [5, 5.41) is 4.56. The molecule has 0 fully saturated rings. The van der Waals surface area contributed by atoms with Crippen LogP contribution < -0.4 is 5.73 Å². The first-order valence-electron chi connectivity index (χ1n) is 5.89. The van der Waals surface area contributed by atoms with Gasteiger partial charge in [-0.2, -0.15) is 5.10 Å². The zero-order chi connectivity index (χ0) is 13.1. The molecular formula is C13H15ClFN3. The molecular weight excluding hydrogens is 253 g/mol. The number of benzene rings is 1. The van der Waals surface area contributed by atoms with E-state index in [1.54, 1.807) is 23.0 Å². The summed E-state index contributed by atoms with van der Waals surface area (Å²) >= 11 is 6.06. The second-order valence-corrected chi connectivity index (χ2v) is 4.46. The molecule has 1 aromatic carbocycles. The normalized spacial score (nSPS) is 10.9. The Balaban J connectivity index is 2.60. The molecule has 2 rings (SSSR count). The van der Waals surface area contributed by atoms with Gasteiger partial charge < -0.3 is 5.73 Å². The number of rotatable bonds is 4. The summed E-state index contributed by atoms with van der Waals surface area (Å²) in [7, 11) is 0. The predicted octanol–water partition coefficient (Wildman–Crippen LogP) is 3.08. The van der Waals surface area contributed by atoms with Crippen LogP contribution in [-0.2, 0) is 13.0 Å². The van der Waals surface area contributed by atoms with Crippen molar-refractivity contribution in [2.45, 2.75) is 26.3 Å². The molecule has 0 aliphatic rings. The zero-order valence-corrected chi connectivity index (χ0v) is 10.9. The Morgan fingerprint density at radius 3 is 2.83 bits per heavy atom. The fourth-order valence-electron chi connectivity index (χ4n) is 1.97. The van der Waals surface area contributed by atoms with Gasteiger partial charge in [-0.05, 0) is 18.6 Å². The standard InChI is InChI=1S/C13H15ClFN3/c1-2-4-12-9(7-16)8-17-18(12)13-10(14)5-3-6-11(13)15/h3,5-6,8H,2,4,7,16H2,1H3. The molecule has 0 amide bonds. The van der Waals surface area contributed by atoms with E-state index in [2.05, 4.69) is 12.0 Å². The van der Waals surface area contributed by atoms with Gasteiger partial charge >= 0.3 is 0 Å². The van der Waals surface area contributed by atoms with Crippen molar-refractivity contribution in [3.8, 4) is 5.69 Å². The van der Waals surface area contributed by atoms with Crippen LogP contribution in [0.15, 0.2) is 24.4 Å². The lowest BCUT2D eigenvalue weighted by Gasteiger charge is -2.10. The van der Waals surface area contributed by atoms with Gasteiger partial charge in [0.1, 0.15) is 11.5 Å². The maximum absolute atomic E-state index is 13.9. The highest BCUT2D eigenvalue weighted by atomic mass is 35.5. The molecule has 0 aliphatic heterocycles. The second kappa shape index (κ2) is 5.50. The lowest BCUT2D eigenvalue weighted by molar-refractivity contribution is 0.605. The quantitative estimate of drug-likeness (QED) is 0.925. The topological polar surface area (TPSA) is 43.8 Å². The average Bonchev–Trinajstić information content (AvgIpc) is 2.73. The zero-order valence-electron chi connectivity index (χ0n) is 10.2. The van der Waals surface area contributed by atoms with Gasteiger partial charge in [-0.3, -0.25) is 0 Å². The summed E-state index contributed by atoms with van der Waals surface area (Å²) in [5.74, 6) is -0.383. The van der Waals surface area contributed by atoms with E-state index >= 15 is 0 Å². The van der Waals surface area contributed by atoms with Crippen LogP contribution in [0, 0.1) is 5.82 Å². The molecule has 0 aliphatic carbocycles. The molecule has 2 N–H and O–H groups in total. The first-order chi connectivity index (χ1) is 8.69. The van der Waals surface area contributed by atoms with Crippen molar-refractivity contribution in [3.05, 3.63) is 46.5 Å². The van der Waals surface area contributed by atoms with Crippen molar-refractivity contribution in [2.24, 2.45) is 5.73 Å². The molecule has 5 heteroatoms. The average molecular weight is 268 g/mol. The summed E-state index contributed by atoms with van der Waals surface area (Å²) in [5.41, 5.74) is 7.81. The van der Waals surface area contributed by atoms with E-state index in [0.717, 1.165) is 24.1 Å². The molecule has 3 nitrogen and oxygen atoms in total. The van der Waals surface area contributed by atoms with E-state index in [4.69, 9.17) is 17.3 Å². The first kappa shape index (κ1) is 13.1. The van der Waals surface area contributed by atoms with Gasteiger partial charge in [0.15, 0.2) is 0 Å². The minimum atomic E-state index is -0.383. The smallest absolute Gasteiger partial charge is 0.150 e. The Kier molecular flexibility index (Phi) is 3.99. The minimum Gasteiger partial charge on any atom is -0.326 e. The number of nitrogens with two attached hydrogens (primary N) is 1. The fourth-order valence-corrected chi connectivity index (χ4v) is 2.21. The third kappa shape index (κ3) is 2.26. The van der Waals surface area contributed by atoms with Gasteiger partial charge in [-0.25, -0.2) is 9.07 Å². The predicted molar refractivity (Wildman–Crippen MR) is 70.4 cm³/mol. The third-order valence-corrected chi connectivity index (χ3v) is 3.12. The van der Waals surface area contributed by atoms with Crippen LogP contribution in [0.4, 0.5) is 4.39 Å². The van der Waals surface area contributed by atoms with Crippen LogP contribution in [0.1, 0.15) is 24.6 Å². The van der Waals surface area contributed by atoms with E-state index in [1.807, 2.05) is 0 Å². The van der Waals surface area contributed by atoms with Crippen molar-refractivity contribution in [3.63, 3.8) is 0 Å². The van der Waals surface area contributed by atoms with Crippen molar-refractivity contribution < 1.29 is 4.39 Å². The molecule has 18 heavy (non-hydrogen) atoms. The minimum absolute atomic E-state index is 0.294. The summed E-state index contributed by atoms with van der Waals surface area (Å²) in [6.45, 7) is 2.45. The van der Waals surface area contributed by atoms with Crippen molar-refractivity contribution in [2.75, 3.05) is 0 Å². The van der Waals surface area contributed by atoms with Gasteiger partial charge in [0.2, 0.25) is 0 Å². The Morgan fingerprint density at radius 2 is 2.22 bits per heavy atom. The molecule has 0 bridgehead atoms. The summed E-state index contributed by atoms with van der Waals surface area (Å²) in [6, 6.07) is 4.61. The third-order valence-electron chi connectivity index (χ3n) is 2.81. The number of hydrogen-bond acceptors (Lipinski definition) is 2. The van der Waals surface area contributed by atoms with Crippen molar-refractivity contribution >= 4 is 11.6 Å².